The van der Waals surface area contributed by atoms with Gasteiger partial charge in [-0.05, 0) is 28.1 Å². The van der Waals surface area contributed by atoms with E-state index in [1.54, 1.807) is 18.3 Å². The maximum atomic E-state index is 11.3. The summed E-state index contributed by atoms with van der Waals surface area (Å²) in [5.74, 6) is -0.196. The average molecular weight is 317 g/mol. The number of amides is 1. The van der Waals surface area contributed by atoms with E-state index in [2.05, 4.69) is 26.2 Å². The summed E-state index contributed by atoms with van der Waals surface area (Å²) >= 11 is 3.23. The number of pyridine rings is 1. The zero-order valence-electron chi connectivity index (χ0n) is 7.77. The maximum absolute atomic E-state index is 11.3. The third-order valence-corrected chi connectivity index (χ3v) is 1.86. The molecule has 0 saturated heterocycles. The lowest BCUT2D eigenvalue weighted by Crippen LogP contribution is -2.29. The standard InChI is InChI=1S/C8H10BrN3O.2ClH/c9-6-1-2-7(12-5-6)8(13)11-4-3-10;;/h1-2,5H,3-4,10H2,(H,11,13);2*1H. The highest BCUT2D eigenvalue weighted by Gasteiger charge is 2.04. The van der Waals surface area contributed by atoms with Crippen LogP contribution in [0.25, 0.3) is 0 Å². The van der Waals surface area contributed by atoms with Gasteiger partial charge in [-0.1, -0.05) is 0 Å². The molecule has 0 aromatic carbocycles. The summed E-state index contributed by atoms with van der Waals surface area (Å²) in [4.78, 5) is 15.2. The van der Waals surface area contributed by atoms with E-state index in [9.17, 15) is 4.79 Å². The molecular weight excluding hydrogens is 305 g/mol. The fraction of sp³-hybridized carbons (Fsp3) is 0.250. The molecule has 3 N–H and O–H groups in total. The molecule has 4 nitrogen and oxygen atoms in total. The quantitative estimate of drug-likeness (QED) is 0.885. The van der Waals surface area contributed by atoms with E-state index in [4.69, 9.17) is 5.73 Å². The first-order valence-corrected chi connectivity index (χ1v) is 4.63. The Morgan fingerprint density at radius 3 is 2.60 bits per heavy atom. The van der Waals surface area contributed by atoms with Crippen molar-refractivity contribution < 1.29 is 4.79 Å². The van der Waals surface area contributed by atoms with Crippen LogP contribution in [-0.2, 0) is 0 Å². The number of halogens is 3. The van der Waals surface area contributed by atoms with Crippen molar-refractivity contribution in [3.05, 3.63) is 28.5 Å². The maximum Gasteiger partial charge on any atom is 0.269 e. The third-order valence-electron chi connectivity index (χ3n) is 1.39. The number of nitrogens with two attached hydrogens (primary N) is 1. The van der Waals surface area contributed by atoms with E-state index < -0.39 is 0 Å². The lowest BCUT2D eigenvalue weighted by Gasteiger charge is -2.01. The van der Waals surface area contributed by atoms with Crippen LogP contribution in [0.5, 0.6) is 0 Å². The van der Waals surface area contributed by atoms with Crippen LogP contribution in [0.4, 0.5) is 0 Å². The molecule has 1 aromatic rings. The van der Waals surface area contributed by atoms with Crippen molar-refractivity contribution in [2.75, 3.05) is 13.1 Å². The molecule has 1 heterocycles. The Morgan fingerprint density at radius 1 is 1.47 bits per heavy atom. The fourth-order valence-electron chi connectivity index (χ4n) is 0.786. The van der Waals surface area contributed by atoms with E-state index in [1.165, 1.54) is 0 Å². The Kier molecular flexibility index (Phi) is 10.1. The summed E-state index contributed by atoms with van der Waals surface area (Å²) in [7, 11) is 0. The SMILES string of the molecule is Cl.Cl.NCCNC(=O)c1ccc(Br)cn1. The lowest BCUT2D eigenvalue weighted by molar-refractivity contribution is 0.0950. The Balaban J connectivity index is 0. The van der Waals surface area contributed by atoms with Crippen LogP contribution in [-0.4, -0.2) is 24.0 Å². The minimum atomic E-state index is -0.196. The first-order chi connectivity index (χ1) is 6.24. The predicted molar refractivity (Wildman–Crippen MR) is 67.8 cm³/mol. The van der Waals surface area contributed by atoms with Crippen molar-refractivity contribution in [2.45, 2.75) is 0 Å². The highest BCUT2D eigenvalue weighted by Crippen LogP contribution is 2.06. The number of carbonyl (C=O) groups is 1. The third kappa shape index (κ3) is 5.94. The van der Waals surface area contributed by atoms with Crippen LogP contribution < -0.4 is 11.1 Å². The van der Waals surface area contributed by atoms with Crippen molar-refractivity contribution in [3.8, 4) is 0 Å². The summed E-state index contributed by atoms with van der Waals surface area (Å²) in [6.45, 7) is 0.902. The smallest absolute Gasteiger partial charge is 0.269 e. The monoisotopic (exact) mass is 315 g/mol. The highest BCUT2D eigenvalue weighted by atomic mass is 79.9. The number of nitrogens with one attached hydrogen (secondary N) is 1. The average Bonchev–Trinajstić information content (AvgIpc) is 2.15. The normalized spacial score (nSPS) is 8.40. The zero-order valence-corrected chi connectivity index (χ0v) is 11.0. The van der Waals surface area contributed by atoms with Crippen LogP contribution in [0, 0.1) is 0 Å². The lowest BCUT2D eigenvalue weighted by atomic mass is 10.3. The first-order valence-electron chi connectivity index (χ1n) is 3.84. The molecule has 0 bridgehead atoms. The second-order valence-corrected chi connectivity index (χ2v) is 3.32. The number of aromatic nitrogens is 1. The van der Waals surface area contributed by atoms with E-state index in [0.29, 0.717) is 18.8 Å². The van der Waals surface area contributed by atoms with E-state index in [0.717, 1.165) is 4.47 Å². The summed E-state index contributed by atoms with van der Waals surface area (Å²) < 4.78 is 0.850. The molecule has 0 unspecified atom stereocenters. The second-order valence-electron chi connectivity index (χ2n) is 2.41. The van der Waals surface area contributed by atoms with Gasteiger partial charge in [0, 0.05) is 23.8 Å². The summed E-state index contributed by atoms with van der Waals surface area (Å²) in [5.41, 5.74) is 5.64. The molecule has 1 amide bonds. The van der Waals surface area contributed by atoms with Crippen LogP contribution in [0.15, 0.2) is 22.8 Å². The molecule has 0 fully saturated rings. The molecule has 0 saturated carbocycles. The number of rotatable bonds is 3. The fourth-order valence-corrected chi connectivity index (χ4v) is 1.02. The van der Waals surface area contributed by atoms with Gasteiger partial charge in [0.05, 0.1) is 0 Å². The van der Waals surface area contributed by atoms with Crippen molar-refractivity contribution in [1.82, 2.24) is 10.3 Å². The number of nitrogens with zero attached hydrogens (tertiary/aromatic N) is 1. The predicted octanol–water partition coefficient (Wildman–Crippen LogP) is 1.38. The van der Waals surface area contributed by atoms with Crippen LogP contribution in [0.3, 0.4) is 0 Å². The van der Waals surface area contributed by atoms with Gasteiger partial charge in [-0.2, -0.15) is 0 Å². The zero-order chi connectivity index (χ0) is 9.68. The van der Waals surface area contributed by atoms with Gasteiger partial charge < -0.3 is 11.1 Å². The Morgan fingerprint density at radius 2 is 2.13 bits per heavy atom. The Hall–Kier alpha value is -0.360. The highest BCUT2D eigenvalue weighted by molar-refractivity contribution is 9.10. The van der Waals surface area contributed by atoms with Crippen LogP contribution >= 0.6 is 40.7 Å². The van der Waals surface area contributed by atoms with Crippen LogP contribution in [0.1, 0.15) is 10.5 Å². The van der Waals surface area contributed by atoms with E-state index in [-0.39, 0.29) is 30.7 Å². The summed E-state index contributed by atoms with van der Waals surface area (Å²) in [5, 5.41) is 2.63. The first kappa shape index (κ1) is 17.0. The molecule has 86 valence electrons. The Bertz CT molecular complexity index is 294. The number of hydrogen-bond acceptors (Lipinski definition) is 3. The van der Waals surface area contributed by atoms with Crippen molar-refractivity contribution in [3.63, 3.8) is 0 Å². The van der Waals surface area contributed by atoms with Gasteiger partial charge in [-0.25, -0.2) is 4.98 Å². The molecule has 0 aliphatic rings. The topological polar surface area (TPSA) is 68.0 Å². The Labute approximate surface area is 109 Å². The molecule has 0 aliphatic carbocycles. The van der Waals surface area contributed by atoms with Gasteiger partial charge in [0.25, 0.3) is 5.91 Å². The number of hydrogen-bond donors (Lipinski definition) is 2. The molecule has 7 heteroatoms. The molecule has 0 spiro atoms. The molecule has 15 heavy (non-hydrogen) atoms. The molecule has 1 rings (SSSR count). The minimum absolute atomic E-state index is 0. The van der Waals surface area contributed by atoms with E-state index >= 15 is 0 Å². The van der Waals surface area contributed by atoms with Gasteiger partial charge in [0.15, 0.2) is 0 Å². The van der Waals surface area contributed by atoms with Crippen molar-refractivity contribution in [2.24, 2.45) is 5.73 Å². The summed E-state index contributed by atoms with van der Waals surface area (Å²) in [6.07, 6.45) is 1.58. The molecular formula is C8H12BrCl2N3O. The molecule has 0 atom stereocenters. The molecule has 0 radical (unpaired) electrons. The van der Waals surface area contributed by atoms with Gasteiger partial charge in [-0.15, -0.1) is 24.8 Å². The molecule has 1 aromatic heterocycles. The van der Waals surface area contributed by atoms with Crippen molar-refractivity contribution in [1.29, 1.82) is 0 Å². The minimum Gasteiger partial charge on any atom is -0.349 e. The largest absolute Gasteiger partial charge is 0.349 e. The number of carbonyl (C=O) groups excluding carboxylic acids is 1. The van der Waals surface area contributed by atoms with Crippen molar-refractivity contribution >= 4 is 46.7 Å². The van der Waals surface area contributed by atoms with Crippen LogP contribution in [0.2, 0.25) is 0 Å². The summed E-state index contributed by atoms with van der Waals surface area (Å²) in [6, 6.07) is 3.42. The molecule has 0 aliphatic heterocycles. The van der Waals surface area contributed by atoms with Gasteiger partial charge in [-0.3, -0.25) is 4.79 Å². The van der Waals surface area contributed by atoms with E-state index in [1.807, 2.05) is 0 Å². The van der Waals surface area contributed by atoms with Gasteiger partial charge in [0.1, 0.15) is 5.69 Å². The second kappa shape index (κ2) is 8.91. The van der Waals surface area contributed by atoms with Gasteiger partial charge in [0.2, 0.25) is 0 Å². The van der Waals surface area contributed by atoms with Gasteiger partial charge >= 0.3 is 0 Å².